The number of benzene rings is 1. The lowest BCUT2D eigenvalue weighted by molar-refractivity contribution is 0.414. The van der Waals surface area contributed by atoms with E-state index in [4.69, 9.17) is 4.74 Å². The molecule has 0 fully saturated rings. The van der Waals surface area contributed by atoms with Gasteiger partial charge in [-0.3, -0.25) is 0 Å². The summed E-state index contributed by atoms with van der Waals surface area (Å²) in [5, 5.41) is 3.52. The van der Waals surface area contributed by atoms with Crippen LogP contribution >= 0.6 is 0 Å². The van der Waals surface area contributed by atoms with Crippen LogP contribution in [-0.4, -0.2) is 13.7 Å². The largest absolute Gasteiger partial charge is 0.497 e. The lowest BCUT2D eigenvalue weighted by Gasteiger charge is -2.26. The predicted molar refractivity (Wildman–Crippen MR) is 77.1 cm³/mol. The molecule has 0 amide bonds. The summed E-state index contributed by atoms with van der Waals surface area (Å²) >= 11 is 0. The minimum atomic E-state index is 0.724. The first kappa shape index (κ1) is 13.0. The molecule has 2 nitrogen and oxygen atoms in total. The second-order valence-electron chi connectivity index (χ2n) is 5.41. The summed E-state index contributed by atoms with van der Waals surface area (Å²) in [5.41, 5.74) is 2.71. The number of nitrogens with one attached hydrogen (secondary N) is 1. The smallest absolute Gasteiger partial charge is 0.119 e. The van der Waals surface area contributed by atoms with Crippen LogP contribution in [0.1, 0.15) is 26.7 Å². The number of methoxy groups -OCH3 is 1. The van der Waals surface area contributed by atoms with E-state index in [9.17, 15) is 0 Å². The summed E-state index contributed by atoms with van der Waals surface area (Å²) in [7, 11) is 1.70. The van der Waals surface area contributed by atoms with Gasteiger partial charge in [-0.2, -0.15) is 0 Å². The molecule has 0 spiro atoms. The Hall–Kier alpha value is -1.44. The van der Waals surface area contributed by atoms with Gasteiger partial charge in [-0.05, 0) is 55.9 Å². The van der Waals surface area contributed by atoms with Crippen LogP contribution in [0, 0.1) is 11.8 Å². The SMILES string of the molecule is COc1ccc(NCC2CC(C)=CC(C)C2)cc1. The van der Waals surface area contributed by atoms with E-state index < -0.39 is 0 Å². The van der Waals surface area contributed by atoms with Crippen LogP contribution in [0.4, 0.5) is 5.69 Å². The molecular weight excluding hydrogens is 222 g/mol. The Kier molecular flexibility index (Phi) is 4.29. The molecular formula is C16H23NO. The minimum absolute atomic E-state index is 0.724. The Morgan fingerprint density at radius 1 is 1.28 bits per heavy atom. The van der Waals surface area contributed by atoms with Crippen LogP contribution in [0.5, 0.6) is 5.75 Å². The van der Waals surface area contributed by atoms with Crippen molar-refractivity contribution in [1.82, 2.24) is 0 Å². The molecule has 0 aliphatic heterocycles. The molecule has 0 aromatic heterocycles. The first-order valence-corrected chi connectivity index (χ1v) is 6.72. The molecule has 2 heteroatoms. The zero-order chi connectivity index (χ0) is 13.0. The molecule has 1 aromatic rings. The Labute approximate surface area is 110 Å². The number of allylic oxidation sites excluding steroid dienone is 2. The highest BCUT2D eigenvalue weighted by Gasteiger charge is 2.17. The molecule has 1 aliphatic rings. The summed E-state index contributed by atoms with van der Waals surface area (Å²) in [6, 6.07) is 8.15. The fourth-order valence-corrected chi connectivity index (χ4v) is 2.81. The van der Waals surface area contributed by atoms with Crippen molar-refractivity contribution in [2.75, 3.05) is 19.0 Å². The van der Waals surface area contributed by atoms with E-state index in [0.717, 1.165) is 24.1 Å². The normalized spacial score (nSPS) is 23.4. The van der Waals surface area contributed by atoms with Gasteiger partial charge in [0.1, 0.15) is 5.75 Å². The van der Waals surface area contributed by atoms with Crippen molar-refractivity contribution < 1.29 is 4.74 Å². The first-order chi connectivity index (χ1) is 8.67. The van der Waals surface area contributed by atoms with Gasteiger partial charge in [0, 0.05) is 12.2 Å². The van der Waals surface area contributed by atoms with E-state index >= 15 is 0 Å². The Bertz CT molecular complexity index is 408. The van der Waals surface area contributed by atoms with Gasteiger partial charge in [0.05, 0.1) is 7.11 Å². The molecule has 0 heterocycles. The molecule has 98 valence electrons. The molecule has 1 aliphatic carbocycles. The zero-order valence-electron chi connectivity index (χ0n) is 11.6. The van der Waals surface area contributed by atoms with Crippen molar-refractivity contribution >= 4 is 5.69 Å². The molecule has 1 N–H and O–H groups in total. The van der Waals surface area contributed by atoms with Crippen molar-refractivity contribution in [2.24, 2.45) is 11.8 Å². The monoisotopic (exact) mass is 245 g/mol. The van der Waals surface area contributed by atoms with Crippen molar-refractivity contribution in [3.8, 4) is 5.75 Å². The molecule has 1 aromatic carbocycles. The van der Waals surface area contributed by atoms with Crippen LogP contribution in [0.3, 0.4) is 0 Å². The van der Waals surface area contributed by atoms with Gasteiger partial charge < -0.3 is 10.1 Å². The second-order valence-corrected chi connectivity index (χ2v) is 5.41. The Morgan fingerprint density at radius 3 is 2.61 bits per heavy atom. The predicted octanol–water partition coefficient (Wildman–Crippen LogP) is 4.10. The average Bonchev–Trinajstić information content (AvgIpc) is 2.36. The highest BCUT2D eigenvalue weighted by atomic mass is 16.5. The topological polar surface area (TPSA) is 21.3 Å². The maximum Gasteiger partial charge on any atom is 0.119 e. The second kappa shape index (κ2) is 5.94. The molecule has 0 saturated heterocycles. The van der Waals surface area contributed by atoms with E-state index in [1.807, 2.05) is 12.1 Å². The zero-order valence-corrected chi connectivity index (χ0v) is 11.6. The van der Waals surface area contributed by atoms with Gasteiger partial charge in [0.25, 0.3) is 0 Å². The van der Waals surface area contributed by atoms with E-state index in [2.05, 4.69) is 37.4 Å². The van der Waals surface area contributed by atoms with Crippen LogP contribution in [-0.2, 0) is 0 Å². The van der Waals surface area contributed by atoms with Crippen LogP contribution in [0.15, 0.2) is 35.9 Å². The molecule has 2 rings (SSSR count). The van der Waals surface area contributed by atoms with Gasteiger partial charge in [-0.1, -0.05) is 18.6 Å². The van der Waals surface area contributed by atoms with E-state index in [-0.39, 0.29) is 0 Å². The minimum Gasteiger partial charge on any atom is -0.497 e. The number of rotatable bonds is 4. The Balaban J connectivity index is 1.86. The van der Waals surface area contributed by atoms with Crippen LogP contribution in [0.2, 0.25) is 0 Å². The summed E-state index contributed by atoms with van der Waals surface area (Å²) < 4.78 is 5.16. The van der Waals surface area contributed by atoms with Gasteiger partial charge in [-0.25, -0.2) is 0 Å². The average molecular weight is 245 g/mol. The number of hydrogen-bond acceptors (Lipinski definition) is 2. The standard InChI is InChI=1S/C16H23NO/c1-12-8-13(2)10-14(9-12)11-17-15-4-6-16(18-3)7-5-15/h4-8,12,14,17H,9-11H2,1-3H3. The van der Waals surface area contributed by atoms with E-state index in [0.29, 0.717) is 0 Å². The van der Waals surface area contributed by atoms with Gasteiger partial charge in [0.15, 0.2) is 0 Å². The van der Waals surface area contributed by atoms with Crippen LogP contribution < -0.4 is 10.1 Å². The highest BCUT2D eigenvalue weighted by molar-refractivity contribution is 5.46. The molecule has 18 heavy (non-hydrogen) atoms. The van der Waals surface area contributed by atoms with Gasteiger partial charge in [0.2, 0.25) is 0 Å². The van der Waals surface area contributed by atoms with E-state index in [1.165, 1.54) is 24.1 Å². The van der Waals surface area contributed by atoms with Crippen molar-refractivity contribution in [1.29, 1.82) is 0 Å². The number of ether oxygens (including phenoxy) is 1. The third kappa shape index (κ3) is 3.52. The summed E-state index contributed by atoms with van der Waals surface area (Å²) in [5.74, 6) is 2.39. The summed E-state index contributed by atoms with van der Waals surface area (Å²) in [4.78, 5) is 0. The van der Waals surface area contributed by atoms with Crippen molar-refractivity contribution in [3.63, 3.8) is 0 Å². The third-order valence-electron chi connectivity index (χ3n) is 3.57. The molecule has 2 atom stereocenters. The van der Waals surface area contributed by atoms with Crippen LogP contribution in [0.25, 0.3) is 0 Å². The first-order valence-electron chi connectivity index (χ1n) is 6.72. The molecule has 2 unspecified atom stereocenters. The lowest BCUT2D eigenvalue weighted by atomic mass is 9.84. The van der Waals surface area contributed by atoms with Gasteiger partial charge in [-0.15, -0.1) is 0 Å². The summed E-state index contributed by atoms with van der Waals surface area (Å²) in [6.45, 7) is 5.61. The van der Waals surface area contributed by atoms with E-state index in [1.54, 1.807) is 7.11 Å². The molecule has 0 bridgehead atoms. The molecule has 0 saturated carbocycles. The summed E-state index contributed by atoms with van der Waals surface area (Å²) in [6.07, 6.45) is 4.93. The maximum absolute atomic E-state index is 5.16. The maximum atomic E-state index is 5.16. The van der Waals surface area contributed by atoms with Crippen molar-refractivity contribution in [2.45, 2.75) is 26.7 Å². The molecule has 0 radical (unpaired) electrons. The lowest BCUT2D eigenvalue weighted by Crippen LogP contribution is -2.20. The number of hydrogen-bond donors (Lipinski definition) is 1. The van der Waals surface area contributed by atoms with Gasteiger partial charge >= 0.3 is 0 Å². The van der Waals surface area contributed by atoms with Crippen molar-refractivity contribution in [3.05, 3.63) is 35.9 Å². The fraction of sp³-hybridized carbons (Fsp3) is 0.500. The third-order valence-corrected chi connectivity index (χ3v) is 3.57. The number of anilines is 1. The fourth-order valence-electron chi connectivity index (χ4n) is 2.81. The Morgan fingerprint density at radius 2 is 2.00 bits per heavy atom. The quantitative estimate of drug-likeness (QED) is 0.806. The highest BCUT2D eigenvalue weighted by Crippen LogP contribution is 2.28.